The first-order valence-corrected chi connectivity index (χ1v) is 6.95. The maximum atomic E-state index is 3.58. The summed E-state index contributed by atoms with van der Waals surface area (Å²) < 4.78 is 0. The number of unbranched alkanes of at least 4 members (excludes halogenated alkanes) is 2. The lowest BCUT2D eigenvalue weighted by molar-refractivity contribution is 0.0875. The molecule has 2 unspecified atom stereocenters. The molecule has 1 fully saturated rings. The molecule has 0 aromatic carbocycles. The first-order valence-electron chi connectivity index (χ1n) is 6.95. The van der Waals surface area contributed by atoms with Gasteiger partial charge in [0.2, 0.25) is 0 Å². The molecule has 0 spiro atoms. The zero-order valence-electron chi connectivity index (χ0n) is 11.4. The summed E-state index contributed by atoms with van der Waals surface area (Å²) in [5.41, 5.74) is 3.43. The van der Waals surface area contributed by atoms with Crippen LogP contribution in [0.4, 0.5) is 0 Å². The monoisotopic (exact) mass is 227 g/mol. The second-order valence-electron chi connectivity index (χ2n) is 5.15. The summed E-state index contributed by atoms with van der Waals surface area (Å²) in [6.07, 6.45) is 7.22. The molecule has 0 bridgehead atoms. The van der Waals surface area contributed by atoms with Crippen LogP contribution in [0.25, 0.3) is 0 Å². The topological polar surface area (TPSA) is 27.3 Å². The van der Waals surface area contributed by atoms with Crippen molar-refractivity contribution in [2.75, 3.05) is 6.67 Å². The smallest absolute Gasteiger partial charge is 0.0774 e. The average molecular weight is 227 g/mol. The first-order chi connectivity index (χ1) is 7.70. The van der Waals surface area contributed by atoms with Crippen molar-refractivity contribution in [2.45, 2.75) is 72.0 Å². The van der Waals surface area contributed by atoms with E-state index in [9.17, 15) is 0 Å². The Balaban J connectivity index is 2.44. The molecule has 96 valence electrons. The second kappa shape index (κ2) is 7.25. The zero-order chi connectivity index (χ0) is 12.0. The highest BCUT2D eigenvalue weighted by atomic mass is 15.6. The van der Waals surface area contributed by atoms with Gasteiger partial charge in [-0.1, -0.05) is 39.5 Å². The van der Waals surface area contributed by atoms with Gasteiger partial charge in [0.25, 0.3) is 0 Å². The van der Waals surface area contributed by atoms with E-state index in [4.69, 9.17) is 0 Å². The number of nitrogens with zero attached hydrogens (tertiary/aromatic N) is 1. The number of hydrazine groups is 1. The Morgan fingerprint density at radius 3 is 2.56 bits per heavy atom. The third-order valence-corrected chi connectivity index (χ3v) is 3.58. The Morgan fingerprint density at radius 1 is 1.25 bits per heavy atom. The van der Waals surface area contributed by atoms with Gasteiger partial charge in [0.1, 0.15) is 0 Å². The van der Waals surface area contributed by atoms with Gasteiger partial charge in [-0.3, -0.25) is 5.32 Å². The van der Waals surface area contributed by atoms with E-state index in [-0.39, 0.29) is 0 Å². The van der Waals surface area contributed by atoms with E-state index < -0.39 is 0 Å². The Labute approximate surface area is 101 Å². The van der Waals surface area contributed by atoms with E-state index in [1.165, 1.54) is 32.1 Å². The van der Waals surface area contributed by atoms with Gasteiger partial charge in [0.05, 0.1) is 12.8 Å². The van der Waals surface area contributed by atoms with Crippen LogP contribution in [-0.4, -0.2) is 23.9 Å². The van der Waals surface area contributed by atoms with Crippen molar-refractivity contribution in [3.63, 3.8) is 0 Å². The molecular weight excluding hydrogens is 198 g/mol. The molecule has 0 aliphatic carbocycles. The minimum atomic E-state index is 0.529. The molecule has 2 atom stereocenters. The molecule has 16 heavy (non-hydrogen) atoms. The minimum absolute atomic E-state index is 0.529. The van der Waals surface area contributed by atoms with Crippen LogP contribution in [0.1, 0.15) is 59.8 Å². The predicted octanol–water partition coefficient (Wildman–Crippen LogP) is 2.69. The summed E-state index contributed by atoms with van der Waals surface area (Å²) in [6, 6.07) is 0.570. The maximum absolute atomic E-state index is 3.58. The number of nitrogens with one attached hydrogen (secondary N) is 2. The van der Waals surface area contributed by atoms with E-state index in [0.717, 1.165) is 12.6 Å². The van der Waals surface area contributed by atoms with Gasteiger partial charge in [-0.25, -0.2) is 10.4 Å². The fourth-order valence-electron chi connectivity index (χ4n) is 2.58. The fourth-order valence-corrected chi connectivity index (χ4v) is 2.58. The van der Waals surface area contributed by atoms with Gasteiger partial charge in [-0.2, -0.15) is 0 Å². The van der Waals surface area contributed by atoms with Crippen LogP contribution in [0.3, 0.4) is 0 Å². The highest BCUT2D eigenvalue weighted by Crippen LogP contribution is 2.22. The molecule has 2 N–H and O–H groups in total. The number of hydrogen-bond donors (Lipinski definition) is 2. The molecule has 0 saturated carbocycles. The van der Waals surface area contributed by atoms with Crippen molar-refractivity contribution < 1.29 is 0 Å². The Hall–Kier alpha value is -0.120. The molecule has 1 heterocycles. The van der Waals surface area contributed by atoms with Gasteiger partial charge in [0, 0.05) is 6.04 Å². The molecule has 1 aliphatic rings. The molecule has 0 radical (unpaired) electrons. The van der Waals surface area contributed by atoms with E-state index in [2.05, 4.69) is 43.4 Å². The lowest BCUT2D eigenvalue weighted by Crippen LogP contribution is -2.48. The highest BCUT2D eigenvalue weighted by molar-refractivity contribution is 4.80. The van der Waals surface area contributed by atoms with E-state index in [0.29, 0.717) is 12.2 Å². The standard InChI is InChI=1S/C13H29N3/c1-5-7-8-9-12(6-2)13-14-10-15-16(13)11(3)4/h11-15H,5-10H2,1-4H3. The van der Waals surface area contributed by atoms with Crippen molar-refractivity contribution in [3.05, 3.63) is 0 Å². The molecular formula is C13H29N3. The van der Waals surface area contributed by atoms with E-state index >= 15 is 0 Å². The van der Waals surface area contributed by atoms with Gasteiger partial charge >= 0.3 is 0 Å². The van der Waals surface area contributed by atoms with Crippen LogP contribution in [-0.2, 0) is 0 Å². The first kappa shape index (κ1) is 13.9. The van der Waals surface area contributed by atoms with Crippen molar-refractivity contribution in [3.8, 4) is 0 Å². The van der Waals surface area contributed by atoms with E-state index in [1.807, 2.05) is 0 Å². The maximum Gasteiger partial charge on any atom is 0.0774 e. The molecule has 3 heteroatoms. The molecule has 1 rings (SSSR count). The molecule has 1 saturated heterocycles. The van der Waals surface area contributed by atoms with E-state index in [1.54, 1.807) is 0 Å². The van der Waals surface area contributed by atoms with Gasteiger partial charge < -0.3 is 0 Å². The van der Waals surface area contributed by atoms with Gasteiger partial charge in [-0.05, 0) is 26.2 Å². The lowest BCUT2D eigenvalue weighted by Gasteiger charge is -2.32. The highest BCUT2D eigenvalue weighted by Gasteiger charge is 2.31. The fraction of sp³-hybridized carbons (Fsp3) is 1.00. The second-order valence-corrected chi connectivity index (χ2v) is 5.15. The average Bonchev–Trinajstić information content (AvgIpc) is 2.73. The molecule has 3 nitrogen and oxygen atoms in total. The summed E-state index contributed by atoms with van der Waals surface area (Å²) in [4.78, 5) is 0. The van der Waals surface area contributed by atoms with Crippen molar-refractivity contribution in [1.82, 2.24) is 15.8 Å². The van der Waals surface area contributed by atoms with Gasteiger partial charge in [-0.15, -0.1) is 0 Å². The van der Waals surface area contributed by atoms with Crippen LogP contribution < -0.4 is 10.7 Å². The summed E-state index contributed by atoms with van der Waals surface area (Å²) >= 11 is 0. The minimum Gasteiger partial charge on any atom is -0.287 e. The third-order valence-electron chi connectivity index (χ3n) is 3.58. The Bertz CT molecular complexity index is 182. The summed E-state index contributed by atoms with van der Waals surface area (Å²) in [5, 5.41) is 5.97. The van der Waals surface area contributed by atoms with Crippen molar-refractivity contribution >= 4 is 0 Å². The van der Waals surface area contributed by atoms with Crippen molar-refractivity contribution in [1.29, 1.82) is 0 Å². The van der Waals surface area contributed by atoms with Crippen LogP contribution >= 0.6 is 0 Å². The van der Waals surface area contributed by atoms with Crippen molar-refractivity contribution in [2.24, 2.45) is 5.92 Å². The third kappa shape index (κ3) is 3.72. The number of rotatable bonds is 7. The summed E-state index contributed by atoms with van der Waals surface area (Å²) in [6.45, 7) is 10.0. The molecule has 0 amide bonds. The largest absolute Gasteiger partial charge is 0.287 e. The predicted molar refractivity (Wildman–Crippen MR) is 69.8 cm³/mol. The summed E-state index contributed by atoms with van der Waals surface area (Å²) in [7, 11) is 0. The van der Waals surface area contributed by atoms with Crippen LogP contribution in [0.15, 0.2) is 0 Å². The Morgan fingerprint density at radius 2 is 2.00 bits per heavy atom. The Kier molecular flexibility index (Phi) is 6.32. The normalized spacial score (nSPS) is 24.2. The van der Waals surface area contributed by atoms with Crippen LogP contribution in [0, 0.1) is 5.92 Å². The number of hydrogen-bond acceptors (Lipinski definition) is 3. The quantitative estimate of drug-likeness (QED) is 0.655. The molecule has 0 aromatic heterocycles. The van der Waals surface area contributed by atoms with Crippen LogP contribution in [0.5, 0.6) is 0 Å². The van der Waals surface area contributed by atoms with Crippen LogP contribution in [0.2, 0.25) is 0 Å². The molecule has 1 aliphatic heterocycles. The van der Waals surface area contributed by atoms with Gasteiger partial charge in [0.15, 0.2) is 0 Å². The lowest BCUT2D eigenvalue weighted by atomic mass is 9.95. The molecule has 0 aromatic rings. The summed E-state index contributed by atoms with van der Waals surface area (Å²) in [5.74, 6) is 0.781. The zero-order valence-corrected chi connectivity index (χ0v) is 11.4. The SMILES string of the molecule is CCCCCC(CC)C1NCNN1C(C)C.